The van der Waals surface area contributed by atoms with Crippen LogP contribution in [0.25, 0.3) is 0 Å². The van der Waals surface area contributed by atoms with Gasteiger partial charge in [-0.2, -0.15) is 0 Å². The van der Waals surface area contributed by atoms with Gasteiger partial charge in [-0.05, 0) is 48.8 Å². The molecule has 1 fully saturated rings. The molecular formula is C23H28N2O2. The lowest BCUT2D eigenvalue weighted by molar-refractivity contribution is -0.137. The fourth-order valence-corrected chi connectivity index (χ4v) is 3.65. The number of likely N-dealkylation sites (tertiary alicyclic amines) is 1. The summed E-state index contributed by atoms with van der Waals surface area (Å²) in [5.41, 5.74) is 3.59. The second kappa shape index (κ2) is 9.36. The zero-order valence-electron chi connectivity index (χ0n) is 16.0. The Labute approximate surface area is 161 Å². The molecule has 0 aliphatic carbocycles. The monoisotopic (exact) mass is 364 g/mol. The number of aryl methyl sites for hydroxylation is 1. The lowest BCUT2D eigenvalue weighted by Gasteiger charge is -2.32. The maximum atomic E-state index is 12.4. The molecule has 0 radical (unpaired) electrons. The molecule has 2 amide bonds. The van der Waals surface area contributed by atoms with Crippen molar-refractivity contribution in [1.29, 1.82) is 0 Å². The van der Waals surface area contributed by atoms with Gasteiger partial charge in [0, 0.05) is 19.6 Å². The lowest BCUT2D eigenvalue weighted by Crippen LogP contribution is -2.41. The smallest absolute Gasteiger partial charge is 0.232 e. The summed E-state index contributed by atoms with van der Waals surface area (Å²) in [5.74, 6) is 0.358. The molecule has 1 N–H and O–H groups in total. The number of piperidine rings is 1. The molecule has 142 valence electrons. The SMILES string of the molecule is Cc1ccccc1CNC(=O)CC(=O)N1CCC(Cc2ccccc2)CC1. The van der Waals surface area contributed by atoms with Crippen LogP contribution in [0.4, 0.5) is 0 Å². The second-order valence-electron chi connectivity index (χ2n) is 7.39. The standard InChI is InChI=1S/C23H28N2O2/c1-18-7-5-6-10-21(18)17-24-22(26)16-23(27)25-13-11-20(12-14-25)15-19-8-3-2-4-9-19/h2-10,20H,11-17H2,1H3,(H,24,26). The van der Waals surface area contributed by atoms with Crippen LogP contribution in [0.2, 0.25) is 0 Å². The van der Waals surface area contributed by atoms with E-state index in [1.807, 2.05) is 42.2 Å². The van der Waals surface area contributed by atoms with E-state index in [-0.39, 0.29) is 18.2 Å². The number of amides is 2. The fraction of sp³-hybridized carbons (Fsp3) is 0.391. The normalized spacial score (nSPS) is 14.8. The number of benzene rings is 2. The summed E-state index contributed by atoms with van der Waals surface area (Å²) in [6, 6.07) is 18.5. The largest absolute Gasteiger partial charge is 0.352 e. The van der Waals surface area contributed by atoms with Crippen molar-refractivity contribution in [2.75, 3.05) is 13.1 Å². The lowest BCUT2D eigenvalue weighted by atomic mass is 9.90. The number of carbonyl (C=O) groups excluding carboxylic acids is 2. The van der Waals surface area contributed by atoms with Gasteiger partial charge in [-0.3, -0.25) is 9.59 Å². The Kier molecular flexibility index (Phi) is 6.64. The van der Waals surface area contributed by atoms with Gasteiger partial charge < -0.3 is 10.2 Å². The summed E-state index contributed by atoms with van der Waals surface area (Å²) in [7, 11) is 0. The third kappa shape index (κ3) is 5.68. The average molecular weight is 364 g/mol. The van der Waals surface area contributed by atoms with Crippen molar-refractivity contribution < 1.29 is 9.59 Å². The van der Waals surface area contributed by atoms with Crippen molar-refractivity contribution in [1.82, 2.24) is 10.2 Å². The topological polar surface area (TPSA) is 49.4 Å². The Bertz CT molecular complexity index is 765. The van der Waals surface area contributed by atoms with Crippen LogP contribution < -0.4 is 5.32 Å². The molecule has 0 bridgehead atoms. The first-order valence-corrected chi connectivity index (χ1v) is 9.74. The van der Waals surface area contributed by atoms with Crippen LogP contribution in [0.1, 0.15) is 36.0 Å². The van der Waals surface area contributed by atoms with Gasteiger partial charge in [0.05, 0.1) is 0 Å². The van der Waals surface area contributed by atoms with E-state index in [9.17, 15) is 9.59 Å². The molecule has 3 rings (SSSR count). The van der Waals surface area contributed by atoms with Crippen LogP contribution in [0, 0.1) is 12.8 Å². The second-order valence-corrected chi connectivity index (χ2v) is 7.39. The van der Waals surface area contributed by atoms with Crippen molar-refractivity contribution in [3.05, 3.63) is 71.3 Å². The van der Waals surface area contributed by atoms with Crippen LogP contribution in [0.15, 0.2) is 54.6 Å². The van der Waals surface area contributed by atoms with E-state index < -0.39 is 0 Å². The van der Waals surface area contributed by atoms with Gasteiger partial charge in [-0.25, -0.2) is 0 Å². The number of hydrogen-bond donors (Lipinski definition) is 1. The molecule has 0 atom stereocenters. The van der Waals surface area contributed by atoms with Gasteiger partial charge in [0.15, 0.2) is 0 Å². The summed E-state index contributed by atoms with van der Waals surface area (Å²) >= 11 is 0. The van der Waals surface area contributed by atoms with Crippen molar-refractivity contribution in [2.45, 2.75) is 39.2 Å². The molecule has 1 saturated heterocycles. The van der Waals surface area contributed by atoms with Gasteiger partial charge in [-0.1, -0.05) is 54.6 Å². The highest BCUT2D eigenvalue weighted by Gasteiger charge is 2.24. The Hall–Kier alpha value is -2.62. The number of nitrogens with one attached hydrogen (secondary N) is 1. The molecule has 27 heavy (non-hydrogen) atoms. The highest BCUT2D eigenvalue weighted by atomic mass is 16.2. The molecule has 0 spiro atoms. The average Bonchev–Trinajstić information content (AvgIpc) is 2.69. The molecule has 0 unspecified atom stereocenters. The van der Waals surface area contributed by atoms with Crippen molar-refractivity contribution in [3.8, 4) is 0 Å². The van der Waals surface area contributed by atoms with E-state index in [2.05, 4.69) is 29.6 Å². The summed E-state index contributed by atoms with van der Waals surface area (Å²) in [6.45, 7) is 3.99. The minimum absolute atomic E-state index is 0.0598. The summed E-state index contributed by atoms with van der Waals surface area (Å²) in [5, 5.41) is 2.86. The van der Waals surface area contributed by atoms with Gasteiger partial charge in [-0.15, -0.1) is 0 Å². The quantitative estimate of drug-likeness (QED) is 0.798. The predicted molar refractivity (Wildman–Crippen MR) is 107 cm³/mol. The molecule has 1 aliphatic rings. The van der Waals surface area contributed by atoms with Crippen LogP contribution in [0.3, 0.4) is 0 Å². The maximum Gasteiger partial charge on any atom is 0.232 e. The third-order valence-electron chi connectivity index (χ3n) is 5.38. The zero-order chi connectivity index (χ0) is 19.1. The molecule has 0 aromatic heterocycles. The number of rotatable bonds is 6. The van der Waals surface area contributed by atoms with E-state index in [0.717, 1.165) is 43.5 Å². The molecular weight excluding hydrogens is 336 g/mol. The summed E-state index contributed by atoms with van der Waals surface area (Å²) in [6.07, 6.45) is 3.02. The first-order valence-electron chi connectivity index (χ1n) is 9.74. The number of nitrogens with zero attached hydrogens (tertiary/aromatic N) is 1. The van der Waals surface area contributed by atoms with Crippen molar-refractivity contribution >= 4 is 11.8 Å². The molecule has 1 aliphatic heterocycles. The molecule has 2 aromatic carbocycles. The molecule has 2 aromatic rings. The van der Waals surface area contributed by atoms with E-state index in [1.54, 1.807) is 0 Å². The zero-order valence-corrected chi connectivity index (χ0v) is 16.0. The Morgan fingerprint density at radius 2 is 1.67 bits per heavy atom. The Morgan fingerprint density at radius 3 is 2.37 bits per heavy atom. The van der Waals surface area contributed by atoms with Gasteiger partial charge >= 0.3 is 0 Å². The van der Waals surface area contributed by atoms with E-state index >= 15 is 0 Å². The molecule has 1 heterocycles. The van der Waals surface area contributed by atoms with Crippen LogP contribution in [-0.4, -0.2) is 29.8 Å². The summed E-state index contributed by atoms with van der Waals surface area (Å²) in [4.78, 5) is 26.4. The molecule has 4 heteroatoms. The first-order chi connectivity index (χ1) is 13.1. The Balaban J connectivity index is 1.40. The van der Waals surface area contributed by atoms with Gasteiger partial charge in [0.25, 0.3) is 0 Å². The summed E-state index contributed by atoms with van der Waals surface area (Å²) < 4.78 is 0. The van der Waals surface area contributed by atoms with Gasteiger partial charge in [0.2, 0.25) is 11.8 Å². The molecule has 4 nitrogen and oxygen atoms in total. The minimum Gasteiger partial charge on any atom is -0.352 e. The van der Waals surface area contributed by atoms with Crippen LogP contribution in [-0.2, 0) is 22.6 Å². The van der Waals surface area contributed by atoms with E-state index in [0.29, 0.717) is 12.5 Å². The third-order valence-corrected chi connectivity index (χ3v) is 5.38. The first kappa shape index (κ1) is 19.2. The van der Waals surface area contributed by atoms with Crippen LogP contribution >= 0.6 is 0 Å². The van der Waals surface area contributed by atoms with Crippen molar-refractivity contribution in [3.63, 3.8) is 0 Å². The van der Waals surface area contributed by atoms with E-state index in [1.165, 1.54) is 5.56 Å². The minimum atomic E-state index is -0.199. The maximum absolute atomic E-state index is 12.4. The van der Waals surface area contributed by atoms with Gasteiger partial charge in [0.1, 0.15) is 6.42 Å². The number of carbonyl (C=O) groups is 2. The van der Waals surface area contributed by atoms with E-state index in [4.69, 9.17) is 0 Å². The predicted octanol–water partition coefficient (Wildman–Crippen LogP) is 3.48. The van der Waals surface area contributed by atoms with Crippen LogP contribution in [0.5, 0.6) is 0 Å². The molecule has 0 saturated carbocycles. The highest BCUT2D eigenvalue weighted by Crippen LogP contribution is 2.22. The number of hydrogen-bond acceptors (Lipinski definition) is 2. The Morgan fingerprint density at radius 1 is 1.00 bits per heavy atom. The highest BCUT2D eigenvalue weighted by molar-refractivity contribution is 5.96. The fourth-order valence-electron chi connectivity index (χ4n) is 3.65. The van der Waals surface area contributed by atoms with Crippen molar-refractivity contribution in [2.24, 2.45) is 5.92 Å².